The molecule has 3 aromatic rings. The molecule has 0 radical (unpaired) electrons. The average Bonchev–Trinajstić information content (AvgIpc) is 2.61. The zero-order chi connectivity index (χ0) is 18.0. The molecule has 0 aliphatic carbocycles. The first kappa shape index (κ1) is 20.1. The highest BCUT2D eigenvalue weighted by molar-refractivity contribution is 8.93. The topological polar surface area (TPSA) is 52.3 Å². The molecule has 0 bridgehead atoms. The summed E-state index contributed by atoms with van der Waals surface area (Å²) < 4.78 is 5.54. The summed E-state index contributed by atoms with van der Waals surface area (Å²) in [6.07, 6.45) is 0. The van der Waals surface area contributed by atoms with Crippen LogP contribution in [0, 0.1) is 6.92 Å². The number of rotatable bonds is 4. The van der Waals surface area contributed by atoms with Crippen molar-refractivity contribution in [1.29, 1.82) is 0 Å². The number of hydrogen-bond donors (Lipinski definition) is 1. The Kier molecular flexibility index (Phi) is 6.21. The molecule has 0 fully saturated rings. The molecule has 0 spiro atoms. The molecule has 0 atom stereocenters. The van der Waals surface area contributed by atoms with Crippen LogP contribution in [0.2, 0.25) is 0 Å². The highest BCUT2D eigenvalue weighted by atomic mass is 79.9. The van der Waals surface area contributed by atoms with E-state index in [9.17, 15) is 4.79 Å². The Hall–Kier alpha value is -2.17. The highest BCUT2D eigenvalue weighted by Crippen LogP contribution is 2.28. The molecule has 0 amide bonds. The van der Waals surface area contributed by atoms with Gasteiger partial charge in [-0.25, -0.2) is 4.79 Å². The summed E-state index contributed by atoms with van der Waals surface area (Å²) in [7, 11) is 0. The van der Waals surface area contributed by atoms with Gasteiger partial charge in [0.05, 0.1) is 5.56 Å². The summed E-state index contributed by atoms with van der Waals surface area (Å²) >= 11 is 0. The molecule has 0 aliphatic rings. The lowest BCUT2D eigenvalue weighted by Gasteiger charge is -2.23. The summed E-state index contributed by atoms with van der Waals surface area (Å²) in [6.45, 7) is 6.80. The van der Waals surface area contributed by atoms with Gasteiger partial charge in [-0.05, 0) is 47.5 Å². The molecule has 0 aliphatic heterocycles. The molecule has 0 heterocycles. The van der Waals surface area contributed by atoms with Crippen molar-refractivity contribution in [1.82, 2.24) is 0 Å². The zero-order valence-electron chi connectivity index (χ0n) is 15.3. The van der Waals surface area contributed by atoms with E-state index in [4.69, 9.17) is 10.5 Å². The van der Waals surface area contributed by atoms with Gasteiger partial charge in [-0.3, -0.25) is 0 Å². The second-order valence-electron chi connectivity index (χ2n) is 7.07. The van der Waals surface area contributed by atoms with E-state index in [0.717, 1.165) is 16.3 Å². The second-order valence-corrected chi connectivity index (χ2v) is 7.07. The van der Waals surface area contributed by atoms with E-state index in [2.05, 4.69) is 32.0 Å². The van der Waals surface area contributed by atoms with Crippen molar-refractivity contribution in [3.8, 4) is 5.75 Å². The summed E-state index contributed by atoms with van der Waals surface area (Å²) in [5.41, 5.74) is 8.61. The molecular weight excluding hydrogens is 390 g/mol. The van der Waals surface area contributed by atoms with Gasteiger partial charge < -0.3 is 10.5 Å². The number of nitrogens with two attached hydrogens (primary N) is 1. The van der Waals surface area contributed by atoms with E-state index in [1.807, 2.05) is 37.3 Å². The zero-order valence-corrected chi connectivity index (χ0v) is 17.0. The predicted octanol–water partition coefficient (Wildman–Crippen LogP) is 5.18. The van der Waals surface area contributed by atoms with E-state index in [-0.39, 0.29) is 28.4 Å². The van der Waals surface area contributed by atoms with Crippen molar-refractivity contribution in [2.24, 2.45) is 5.73 Å². The fraction of sp³-hybridized carbons (Fsp3) is 0.227. The van der Waals surface area contributed by atoms with Crippen LogP contribution in [0.25, 0.3) is 10.8 Å². The van der Waals surface area contributed by atoms with Gasteiger partial charge in [-0.1, -0.05) is 55.8 Å². The van der Waals surface area contributed by atoms with Crippen molar-refractivity contribution in [2.45, 2.75) is 26.2 Å². The second kappa shape index (κ2) is 8.02. The molecule has 0 saturated heterocycles. The van der Waals surface area contributed by atoms with Crippen LogP contribution in [-0.4, -0.2) is 12.5 Å². The molecule has 3 nitrogen and oxygen atoms in total. The Morgan fingerprint density at radius 1 is 0.962 bits per heavy atom. The summed E-state index contributed by atoms with van der Waals surface area (Å²) in [5.74, 6) is 0.193. The maximum Gasteiger partial charge on any atom is 0.343 e. The lowest BCUT2D eigenvalue weighted by Crippen LogP contribution is -2.27. The van der Waals surface area contributed by atoms with E-state index in [0.29, 0.717) is 17.9 Å². The molecule has 2 N–H and O–H groups in total. The van der Waals surface area contributed by atoms with E-state index >= 15 is 0 Å². The highest BCUT2D eigenvalue weighted by Gasteiger charge is 2.18. The molecule has 4 heteroatoms. The lowest BCUT2D eigenvalue weighted by molar-refractivity contribution is 0.0735. The molecule has 136 valence electrons. The van der Waals surface area contributed by atoms with E-state index in [1.54, 1.807) is 12.1 Å². The maximum atomic E-state index is 12.3. The molecule has 0 unspecified atom stereocenters. The van der Waals surface area contributed by atoms with Crippen molar-refractivity contribution < 1.29 is 9.53 Å². The van der Waals surface area contributed by atoms with E-state index < -0.39 is 0 Å². The number of aryl methyl sites for hydroxylation is 1. The van der Waals surface area contributed by atoms with Crippen molar-refractivity contribution in [3.63, 3.8) is 0 Å². The quantitative estimate of drug-likeness (QED) is 0.473. The van der Waals surface area contributed by atoms with Crippen molar-refractivity contribution in [2.75, 3.05) is 6.54 Å². The van der Waals surface area contributed by atoms with Crippen LogP contribution in [0.15, 0.2) is 60.7 Å². The molecule has 3 rings (SSSR count). The number of halogens is 1. The number of fused-ring (bicyclic) bond motifs is 1. The van der Waals surface area contributed by atoms with Crippen LogP contribution in [0.3, 0.4) is 0 Å². The Bertz CT molecular complexity index is 917. The van der Waals surface area contributed by atoms with Gasteiger partial charge in [0.1, 0.15) is 5.75 Å². The van der Waals surface area contributed by atoms with Gasteiger partial charge in [-0.15, -0.1) is 17.0 Å². The normalized spacial score (nSPS) is 11.1. The molecule has 0 saturated carbocycles. The van der Waals surface area contributed by atoms with Crippen LogP contribution < -0.4 is 10.5 Å². The Morgan fingerprint density at radius 3 is 2.27 bits per heavy atom. The SMILES string of the molecule is Br.Cc1ccc(C(=O)Oc2ccc3ccc(C(C)(C)CN)cc3c2)cc1. The fourth-order valence-corrected chi connectivity index (χ4v) is 2.68. The lowest BCUT2D eigenvalue weighted by atomic mass is 9.84. The minimum atomic E-state index is -0.349. The maximum absolute atomic E-state index is 12.3. The number of esters is 1. The van der Waals surface area contributed by atoms with Gasteiger partial charge in [-0.2, -0.15) is 0 Å². The largest absolute Gasteiger partial charge is 0.423 e. The van der Waals surface area contributed by atoms with Gasteiger partial charge >= 0.3 is 5.97 Å². The van der Waals surface area contributed by atoms with Gasteiger partial charge in [0.15, 0.2) is 0 Å². The van der Waals surface area contributed by atoms with Crippen LogP contribution in [0.5, 0.6) is 5.75 Å². The Morgan fingerprint density at radius 2 is 1.62 bits per heavy atom. The number of carbonyl (C=O) groups is 1. The Balaban J connectivity index is 0.00000243. The molecule has 3 aromatic carbocycles. The minimum Gasteiger partial charge on any atom is -0.423 e. The molecular formula is C22H24BrNO2. The Labute approximate surface area is 164 Å². The number of ether oxygens (including phenoxy) is 1. The monoisotopic (exact) mass is 413 g/mol. The fourth-order valence-electron chi connectivity index (χ4n) is 2.68. The summed E-state index contributed by atoms with van der Waals surface area (Å²) in [4.78, 5) is 12.3. The van der Waals surface area contributed by atoms with Crippen LogP contribution in [0.1, 0.15) is 35.3 Å². The van der Waals surface area contributed by atoms with Gasteiger partial charge in [0.2, 0.25) is 0 Å². The summed E-state index contributed by atoms with van der Waals surface area (Å²) in [5, 5.41) is 2.14. The van der Waals surface area contributed by atoms with Crippen molar-refractivity contribution in [3.05, 3.63) is 77.4 Å². The first-order chi connectivity index (χ1) is 11.9. The molecule has 0 aromatic heterocycles. The predicted molar refractivity (Wildman–Crippen MR) is 112 cm³/mol. The first-order valence-corrected chi connectivity index (χ1v) is 8.42. The first-order valence-electron chi connectivity index (χ1n) is 8.42. The van der Waals surface area contributed by atoms with E-state index in [1.165, 1.54) is 5.56 Å². The number of carbonyl (C=O) groups excluding carboxylic acids is 1. The average molecular weight is 414 g/mol. The third-order valence-corrected chi connectivity index (χ3v) is 4.60. The summed E-state index contributed by atoms with van der Waals surface area (Å²) in [6, 6.07) is 19.3. The van der Waals surface area contributed by atoms with Crippen LogP contribution >= 0.6 is 17.0 Å². The van der Waals surface area contributed by atoms with Gasteiger partial charge in [0.25, 0.3) is 0 Å². The smallest absolute Gasteiger partial charge is 0.343 e. The number of hydrogen-bond acceptors (Lipinski definition) is 3. The van der Waals surface area contributed by atoms with Gasteiger partial charge in [0, 0.05) is 12.0 Å². The molecule has 26 heavy (non-hydrogen) atoms. The van der Waals surface area contributed by atoms with Crippen LogP contribution in [0.4, 0.5) is 0 Å². The number of benzene rings is 3. The third-order valence-electron chi connectivity index (χ3n) is 4.60. The van der Waals surface area contributed by atoms with Crippen molar-refractivity contribution >= 4 is 33.7 Å². The standard InChI is InChI=1S/C22H23NO2.BrH/c1-15-4-6-17(7-5-15)21(24)25-20-11-9-16-8-10-19(12-18(16)13-20)22(2,3)14-23;/h4-13H,14,23H2,1-3H3;1H. The third kappa shape index (κ3) is 4.32. The minimum absolute atomic E-state index is 0. The van der Waals surface area contributed by atoms with Crippen LogP contribution in [-0.2, 0) is 5.41 Å².